The molecule has 0 atom stereocenters. The number of carbonyl (C=O) groups is 2. The van der Waals surface area contributed by atoms with E-state index in [1.54, 1.807) is 24.3 Å². The summed E-state index contributed by atoms with van der Waals surface area (Å²) in [6.07, 6.45) is 1.78. The van der Waals surface area contributed by atoms with Crippen LogP contribution in [0.4, 0.5) is 4.39 Å². The van der Waals surface area contributed by atoms with Crippen molar-refractivity contribution < 1.29 is 23.5 Å². The highest BCUT2D eigenvalue weighted by Gasteiger charge is 2.07. The molecule has 0 N–H and O–H groups in total. The lowest BCUT2D eigenvalue weighted by Gasteiger charge is -2.02. The molecule has 0 heterocycles. The van der Waals surface area contributed by atoms with Gasteiger partial charge in [-0.1, -0.05) is 28.1 Å². The van der Waals surface area contributed by atoms with Gasteiger partial charge in [0.05, 0.1) is 0 Å². The average Bonchev–Trinajstić information content (AvgIpc) is 2.50. The van der Waals surface area contributed by atoms with Crippen LogP contribution in [0.2, 0.25) is 0 Å². The van der Waals surface area contributed by atoms with Crippen molar-refractivity contribution >= 4 is 27.9 Å². The second-order valence-electron chi connectivity index (χ2n) is 4.06. The predicted octanol–water partition coefficient (Wildman–Crippen LogP) is 3.66. The number of hydrogen-bond donors (Lipinski definition) is 0. The van der Waals surface area contributed by atoms with Crippen molar-refractivity contribution in [3.63, 3.8) is 0 Å². The van der Waals surface area contributed by atoms with E-state index >= 15 is 0 Å². The Hall–Kier alpha value is -2.47. The Morgan fingerprint density at radius 3 is 2.14 bits per heavy atom. The number of para-hydroxylation sites is 1. The minimum absolute atomic E-state index is 0.210. The second kappa shape index (κ2) is 7.51. The number of carbonyl (C=O) groups excluding carboxylic acids is 2. The Bertz CT molecular complexity index is 710. The molecule has 0 fully saturated rings. The van der Waals surface area contributed by atoms with E-state index in [1.165, 1.54) is 18.2 Å². The Labute approximate surface area is 134 Å². The number of hydrogen-bond acceptors (Lipinski definition) is 4. The van der Waals surface area contributed by atoms with Crippen molar-refractivity contribution in [3.8, 4) is 11.5 Å². The molecule has 2 aromatic carbocycles. The summed E-state index contributed by atoms with van der Waals surface area (Å²) in [4.78, 5) is 23.0. The summed E-state index contributed by atoms with van der Waals surface area (Å²) in [5.41, 5.74) is 0. The Morgan fingerprint density at radius 2 is 1.50 bits per heavy atom. The largest absolute Gasteiger partial charge is 0.423 e. The minimum Gasteiger partial charge on any atom is -0.423 e. The van der Waals surface area contributed by atoms with E-state index in [0.29, 0.717) is 5.75 Å². The molecular formula is C16H10BrFO4. The molecule has 6 heteroatoms. The van der Waals surface area contributed by atoms with Crippen molar-refractivity contribution in [2.75, 3.05) is 0 Å². The maximum absolute atomic E-state index is 13.3. The highest BCUT2D eigenvalue weighted by molar-refractivity contribution is 9.10. The zero-order valence-electron chi connectivity index (χ0n) is 11.2. The van der Waals surface area contributed by atoms with Gasteiger partial charge in [0.15, 0.2) is 11.6 Å². The summed E-state index contributed by atoms with van der Waals surface area (Å²) >= 11 is 3.25. The maximum atomic E-state index is 13.3. The summed E-state index contributed by atoms with van der Waals surface area (Å²) in [5.74, 6) is -2.16. The third kappa shape index (κ3) is 4.82. The minimum atomic E-state index is -0.877. The number of rotatable bonds is 4. The van der Waals surface area contributed by atoms with Gasteiger partial charge in [0.25, 0.3) is 0 Å². The van der Waals surface area contributed by atoms with E-state index in [0.717, 1.165) is 22.7 Å². The zero-order chi connectivity index (χ0) is 15.9. The lowest BCUT2D eigenvalue weighted by molar-refractivity contribution is -0.131. The number of esters is 2. The van der Waals surface area contributed by atoms with Gasteiger partial charge in [0.1, 0.15) is 5.75 Å². The molecule has 0 saturated heterocycles. The first-order valence-electron chi connectivity index (χ1n) is 6.16. The van der Waals surface area contributed by atoms with Crippen LogP contribution in [0.25, 0.3) is 0 Å². The molecule has 0 aliphatic carbocycles. The Kier molecular flexibility index (Phi) is 5.43. The van der Waals surface area contributed by atoms with E-state index < -0.39 is 17.8 Å². The number of benzene rings is 2. The predicted molar refractivity (Wildman–Crippen MR) is 81.0 cm³/mol. The topological polar surface area (TPSA) is 52.6 Å². The van der Waals surface area contributed by atoms with Crippen molar-refractivity contribution in [1.29, 1.82) is 0 Å². The second-order valence-corrected chi connectivity index (χ2v) is 4.98. The molecule has 0 radical (unpaired) electrons. The molecule has 2 aromatic rings. The highest BCUT2D eigenvalue weighted by Crippen LogP contribution is 2.17. The number of halogens is 2. The molecule has 0 aliphatic rings. The molecule has 2 rings (SSSR count). The monoisotopic (exact) mass is 364 g/mol. The average molecular weight is 365 g/mol. The number of ether oxygens (including phenoxy) is 2. The highest BCUT2D eigenvalue weighted by atomic mass is 79.9. The molecule has 0 aromatic heterocycles. The zero-order valence-corrected chi connectivity index (χ0v) is 12.7. The first-order valence-corrected chi connectivity index (χ1v) is 6.96. The van der Waals surface area contributed by atoms with Gasteiger partial charge in [-0.2, -0.15) is 0 Å². The van der Waals surface area contributed by atoms with Crippen LogP contribution in [0.1, 0.15) is 0 Å². The van der Waals surface area contributed by atoms with Gasteiger partial charge in [-0.05, 0) is 36.4 Å². The van der Waals surface area contributed by atoms with Gasteiger partial charge in [0.2, 0.25) is 0 Å². The molecule has 0 saturated carbocycles. The smallest absolute Gasteiger partial charge is 0.336 e. The quantitative estimate of drug-likeness (QED) is 0.472. The van der Waals surface area contributed by atoms with E-state index in [2.05, 4.69) is 15.9 Å². The lowest BCUT2D eigenvalue weighted by Crippen LogP contribution is -2.08. The van der Waals surface area contributed by atoms with E-state index in [4.69, 9.17) is 9.47 Å². The molecule has 22 heavy (non-hydrogen) atoms. The summed E-state index contributed by atoms with van der Waals surface area (Å²) < 4.78 is 23.8. The summed E-state index contributed by atoms with van der Waals surface area (Å²) in [5, 5.41) is 0. The Morgan fingerprint density at radius 1 is 0.909 bits per heavy atom. The summed E-state index contributed by atoms with van der Waals surface area (Å²) in [6, 6.07) is 12.1. The molecule has 0 spiro atoms. The molecule has 0 unspecified atom stereocenters. The van der Waals surface area contributed by atoms with Crippen LogP contribution in [0.3, 0.4) is 0 Å². The van der Waals surface area contributed by atoms with Crippen molar-refractivity contribution in [2.45, 2.75) is 0 Å². The molecule has 112 valence electrons. The third-order valence-electron chi connectivity index (χ3n) is 2.43. The summed E-state index contributed by atoms with van der Waals surface area (Å²) in [6.45, 7) is 0. The van der Waals surface area contributed by atoms with Crippen LogP contribution in [0, 0.1) is 5.82 Å². The molecule has 0 bridgehead atoms. The van der Waals surface area contributed by atoms with E-state index in [-0.39, 0.29) is 5.75 Å². The normalized spacial score (nSPS) is 10.5. The third-order valence-corrected chi connectivity index (χ3v) is 2.96. The van der Waals surface area contributed by atoms with Gasteiger partial charge in [0, 0.05) is 16.6 Å². The van der Waals surface area contributed by atoms with Crippen LogP contribution < -0.4 is 9.47 Å². The van der Waals surface area contributed by atoms with Crippen molar-refractivity contribution in [3.05, 3.63) is 71.0 Å². The van der Waals surface area contributed by atoms with Crippen LogP contribution in [-0.4, -0.2) is 11.9 Å². The van der Waals surface area contributed by atoms with Crippen LogP contribution in [-0.2, 0) is 9.59 Å². The van der Waals surface area contributed by atoms with Crippen LogP contribution >= 0.6 is 15.9 Å². The van der Waals surface area contributed by atoms with Gasteiger partial charge in [-0.15, -0.1) is 0 Å². The van der Waals surface area contributed by atoms with Crippen molar-refractivity contribution in [2.24, 2.45) is 0 Å². The van der Waals surface area contributed by atoms with E-state index in [9.17, 15) is 14.0 Å². The molecule has 0 aliphatic heterocycles. The molecule has 4 nitrogen and oxygen atoms in total. The standard InChI is InChI=1S/C16H10BrFO4/c17-11-5-7-12(8-6-11)21-15(19)9-10-16(20)22-14-4-2-1-3-13(14)18/h1-10H/b10-9+. The molecule has 0 amide bonds. The Balaban J connectivity index is 1.90. The first-order chi connectivity index (χ1) is 10.5. The van der Waals surface area contributed by atoms with E-state index in [1.807, 2.05) is 0 Å². The molecular weight excluding hydrogens is 355 g/mol. The fourth-order valence-electron chi connectivity index (χ4n) is 1.46. The maximum Gasteiger partial charge on any atom is 0.336 e. The van der Waals surface area contributed by atoms with Gasteiger partial charge >= 0.3 is 11.9 Å². The lowest BCUT2D eigenvalue weighted by atomic mass is 10.3. The van der Waals surface area contributed by atoms with Gasteiger partial charge < -0.3 is 9.47 Å². The fraction of sp³-hybridized carbons (Fsp3) is 0. The van der Waals surface area contributed by atoms with Crippen LogP contribution in [0.5, 0.6) is 11.5 Å². The summed E-state index contributed by atoms with van der Waals surface area (Å²) in [7, 11) is 0. The van der Waals surface area contributed by atoms with Gasteiger partial charge in [-0.25, -0.2) is 14.0 Å². The van der Waals surface area contributed by atoms with Crippen LogP contribution in [0.15, 0.2) is 65.2 Å². The van der Waals surface area contributed by atoms with Crippen molar-refractivity contribution in [1.82, 2.24) is 0 Å². The SMILES string of the molecule is O=C(/C=C/C(=O)Oc1ccccc1F)Oc1ccc(Br)cc1. The first kappa shape index (κ1) is 15.9. The van der Waals surface area contributed by atoms with Gasteiger partial charge in [-0.3, -0.25) is 0 Å². The fourth-order valence-corrected chi connectivity index (χ4v) is 1.72.